The molecule has 0 fully saturated rings. The maximum absolute atomic E-state index is 13.1. The minimum atomic E-state index is -0.252. The molecule has 0 spiro atoms. The van der Waals surface area contributed by atoms with E-state index in [1.54, 1.807) is 0 Å². The van der Waals surface area contributed by atoms with Gasteiger partial charge in [-0.05, 0) is 45.7 Å². The Morgan fingerprint density at radius 3 is 2.40 bits per heavy atom. The zero-order chi connectivity index (χ0) is 17.6. The van der Waals surface area contributed by atoms with Crippen LogP contribution in [-0.4, -0.2) is 17.1 Å². The lowest BCUT2D eigenvalue weighted by Crippen LogP contribution is -2.34. The molecule has 1 heterocycles. The molecule has 25 heavy (non-hydrogen) atoms. The molecule has 0 saturated heterocycles. The number of benzene rings is 2. The Hall–Kier alpha value is -2.68. The third kappa shape index (κ3) is 2.80. The first-order valence-corrected chi connectivity index (χ1v) is 8.67. The van der Waals surface area contributed by atoms with Crippen molar-refractivity contribution >= 4 is 22.9 Å². The number of allylic oxidation sites excluding steroid dienone is 1. The van der Waals surface area contributed by atoms with Gasteiger partial charge < -0.3 is 4.74 Å². The van der Waals surface area contributed by atoms with Crippen molar-refractivity contribution in [3.63, 3.8) is 0 Å². The predicted octanol–water partition coefficient (Wildman–Crippen LogP) is 5.00. The van der Waals surface area contributed by atoms with Crippen LogP contribution in [0.1, 0.15) is 43.4 Å². The van der Waals surface area contributed by atoms with Crippen molar-refractivity contribution in [3.05, 3.63) is 70.8 Å². The van der Waals surface area contributed by atoms with Gasteiger partial charge in [-0.2, -0.15) is 0 Å². The summed E-state index contributed by atoms with van der Waals surface area (Å²) in [6.45, 7) is 6.18. The summed E-state index contributed by atoms with van der Waals surface area (Å²) in [4.78, 5) is 17.8. The number of aliphatic imine (C=N–C) groups is 1. The number of carbonyl (C=O) groups is 1. The van der Waals surface area contributed by atoms with Gasteiger partial charge in [0.1, 0.15) is 17.1 Å². The monoisotopic (exact) mass is 331 g/mol. The molecule has 0 aromatic heterocycles. The molecule has 2 aromatic rings. The van der Waals surface area contributed by atoms with Crippen LogP contribution in [0.4, 0.5) is 5.69 Å². The second-order valence-corrected chi connectivity index (χ2v) is 7.34. The Labute approximate surface area is 148 Å². The first-order chi connectivity index (χ1) is 11.9. The molecule has 0 radical (unpaired) electrons. The standard InChI is InChI=1S/C22H21NO2/c1-14-8-10-15(11-9-14)23-19-16-6-4-5-7-17(16)21-18(20(19)24)12-13-22(2,3)25-21/h4-11H,12-13H2,1-3H3. The highest BCUT2D eigenvalue weighted by molar-refractivity contribution is 6.54. The van der Waals surface area contributed by atoms with Gasteiger partial charge in [0.15, 0.2) is 0 Å². The fraction of sp³-hybridized carbons (Fsp3) is 0.273. The second-order valence-electron chi connectivity index (χ2n) is 7.34. The molecular weight excluding hydrogens is 310 g/mol. The summed E-state index contributed by atoms with van der Waals surface area (Å²) >= 11 is 0. The number of ether oxygens (including phenoxy) is 1. The van der Waals surface area contributed by atoms with Crippen molar-refractivity contribution in [2.45, 2.75) is 39.2 Å². The molecule has 0 atom stereocenters. The molecule has 4 rings (SSSR count). The fourth-order valence-electron chi connectivity index (χ4n) is 3.37. The number of aryl methyl sites for hydroxylation is 1. The van der Waals surface area contributed by atoms with E-state index in [-0.39, 0.29) is 11.4 Å². The molecule has 2 aliphatic rings. The van der Waals surface area contributed by atoms with Crippen molar-refractivity contribution in [1.29, 1.82) is 0 Å². The lowest BCUT2D eigenvalue weighted by atomic mass is 9.82. The number of nitrogens with zero attached hydrogens (tertiary/aromatic N) is 1. The van der Waals surface area contributed by atoms with Crippen LogP contribution in [0.15, 0.2) is 59.1 Å². The van der Waals surface area contributed by atoms with Gasteiger partial charge in [-0.25, -0.2) is 4.99 Å². The van der Waals surface area contributed by atoms with E-state index >= 15 is 0 Å². The van der Waals surface area contributed by atoms with Crippen molar-refractivity contribution in [1.82, 2.24) is 0 Å². The lowest BCUT2D eigenvalue weighted by molar-refractivity contribution is -0.110. The second kappa shape index (κ2) is 5.69. The van der Waals surface area contributed by atoms with Crippen LogP contribution in [0.2, 0.25) is 0 Å². The number of fused-ring (bicyclic) bond motifs is 2. The Bertz CT molecular complexity index is 917. The van der Waals surface area contributed by atoms with Crippen molar-refractivity contribution in [2.24, 2.45) is 4.99 Å². The summed E-state index contributed by atoms with van der Waals surface area (Å²) < 4.78 is 6.19. The van der Waals surface area contributed by atoms with Crippen LogP contribution in [0, 0.1) is 6.92 Å². The van der Waals surface area contributed by atoms with Gasteiger partial charge in [-0.15, -0.1) is 0 Å². The summed E-state index contributed by atoms with van der Waals surface area (Å²) in [5.41, 5.74) is 4.81. The molecule has 3 heteroatoms. The SMILES string of the molecule is Cc1ccc(N=C2C(=O)C3=C(OC(C)(C)CC3)c3ccccc32)cc1. The van der Waals surface area contributed by atoms with Gasteiger partial charge in [-0.1, -0.05) is 42.0 Å². The van der Waals surface area contributed by atoms with Crippen LogP contribution in [-0.2, 0) is 9.53 Å². The predicted molar refractivity (Wildman–Crippen MR) is 100 cm³/mol. The van der Waals surface area contributed by atoms with Crippen molar-refractivity contribution < 1.29 is 9.53 Å². The van der Waals surface area contributed by atoms with Gasteiger partial charge in [0.05, 0.1) is 5.69 Å². The average Bonchev–Trinajstić information content (AvgIpc) is 2.59. The van der Waals surface area contributed by atoms with Crippen LogP contribution in [0.25, 0.3) is 5.76 Å². The molecule has 0 unspecified atom stereocenters. The van der Waals surface area contributed by atoms with Crippen LogP contribution < -0.4 is 0 Å². The van der Waals surface area contributed by atoms with Crippen LogP contribution in [0.3, 0.4) is 0 Å². The Morgan fingerprint density at radius 2 is 1.68 bits per heavy atom. The summed E-state index contributed by atoms with van der Waals surface area (Å²) in [6, 6.07) is 15.8. The molecule has 1 aliphatic heterocycles. The van der Waals surface area contributed by atoms with E-state index in [1.807, 2.05) is 55.5 Å². The third-order valence-electron chi connectivity index (χ3n) is 4.82. The molecule has 2 aromatic carbocycles. The summed E-state index contributed by atoms with van der Waals surface area (Å²) in [5.74, 6) is 0.726. The quantitative estimate of drug-likeness (QED) is 0.737. The van der Waals surface area contributed by atoms with Crippen LogP contribution >= 0.6 is 0 Å². The van der Waals surface area contributed by atoms with Crippen molar-refractivity contribution in [3.8, 4) is 0 Å². The summed E-state index contributed by atoms with van der Waals surface area (Å²) in [7, 11) is 0. The minimum absolute atomic E-state index is 0.00947. The van der Waals surface area contributed by atoms with Gasteiger partial charge in [-0.3, -0.25) is 4.79 Å². The highest BCUT2D eigenvalue weighted by atomic mass is 16.5. The molecule has 3 nitrogen and oxygen atoms in total. The molecule has 0 N–H and O–H groups in total. The van der Waals surface area contributed by atoms with Gasteiger partial charge in [0.2, 0.25) is 5.78 Å². The molecule has 126 valence electrons. The molecule has 0 saturated carbocycles. The summed E-state index contributed by atoms with van der Waals surface area (Å²) in [5, 5.41) is 0. The first-order valence-electron chi connectivity index (χ1n) is 8.67. The van der Waals surface area contributed by atoms with E-state index in [4.69, 9.17) is 4.74 Å². The maximum atomic E-state index is 13.1. The van der Waals surface area contributed by atoms with Gasteiger partial charge >= 0.3 is 0 Å². The maximum Gasteiger partial charge on any atom is 0.211 e. The lowest BCUT2D eigenvalue weighted by Gasteiger charge is -2.36. The number of hydrogen-bond acceptors (Lipinski definition) is 3. The van der Waals surface area contributed by atoms with Gasteiger partial charge in [0, 0.05) is 16.7 Å². The highest BCUT2D eigenvalue weighted by Crippen LogP contribution is 2.41. The van der Waals surface area contributed by atoms with E-state index in [0.717, 1.165) is 41.0 Å². The Morgan fingerprint density at radius 1 is 1.00 bits per heavy atom. The number of carbonyl (C=O) groups excluding carboxylic acids is 1. The normalized spacial score (nSPS) is 20.1. The minimum Gasteiger partial charge on any atom is -0.487 e. The van der Waals surface area contributed by atoms with E-state index in [1.165, 1.54) is 5.56 Å². The van der Waals surface area contributed by atoms with Gasteiger partial charge in [0.25, 0.3) is 0 Å². The van der Waals surface area contributed by atoms with E-state index < -0.39 is 0 Å². The zero-order valence-electron chi connectivity index (χ0n) is 14.8. The number of rotatable bonds is 1. The number of ketones is 1. The topological polar surface area (TPSA) is 38.7 Å². The Kier molecular flexibility index (Phi) is 3.60. The third-order valence-corrected chi connectivity index (χ3v) is 4.82. The Balaban J connectivity index is 1.88. The van der Waals surface area contributed by atoms with E-state index in [9.17, 15) is 4.79 Å². The molecule has 1 aliphatic carbocycles. The largest absolute Gasteiger partial charge is 0.487 e. The molecule has 0 amide bonds. The highest BCUT2D eigenvalue weighted by Gasteiger charge is 2.38. The van der Waals surface area contributed by atoms with Crippen LogP contribution in [0.5, 0.6) is 0 Å². The van der Waals surface area contributed by atoms with E-state index in [2.05, 4.69) is 18.8 Å². The number of hydrogen-bond donors (Lipinski definition) is 0. The average molecular weight is 331 g/mol. The molecular formula is C22H21NO2. The van der Waals surface area contributed by atoms with Crippen molar-refractivity contribution in [2.75, 3.05) is 0 Å². The number of Topliss-reactive ketones (excluding diaryl/α,β-unsaturated/α-hetero) is 1. The van der Waals surface area contributed by atoms with E-state index in [0.29, 0.717) is 5.71 Å². The first kappa shape index (κ1) is 15.8. The molecule has 0 bridgehead atoms. The fourth-order valence-corrected chi connectivity index (χ4v) is 3.37. The zero-order valence-corrected chi connectivity index (χ0v) is 14.8. The summed E-state index contributed by atoms with van der Waals surface area (Å²) in [6.07, 6.45) is 1.56. The smallest absolute Gasteiger partial charge is 0.211 e.